The number of anilines is 1. The van der Waals surface area contributed by atoms with Crippen LogP contribution in [-0.4, -0.2) is 66.7 Å². The number of carbonyl (C=O) groups is 1. The SMILES string of the molecule is CN1CCN(S(=O)(=O)c2ccc(N3CCCC3=O)cc2)C[C@@H]1c1ncc[nH]1. The molecule has 27 heavy (non-hydrogen) atoms. The van der Waals surface area contributed by atoms with Gasteiger partial charge in [0, 0.05) is 50.7 Å². The molecule has 2 aromatic rings. The zero-order valence-electron chi connectivity index (χ0n) is 15.2. The highest BCUT2D eigenvalue weighted by molar-refractivity contribution is 7.89. The number of hydrogen-bond donors (Lipinski definition) is 1. The molecule has 0 saturated carbocycles. The molecule has 0 aliphatic carbocycles. The zero-order chi connectivity index (χ0) is 19.0. The summed E-state index contributed by atoms with van der Waals surface area (Å²) in [6, 6.07) is 6.52. The van der Waals surface area contributed by atoms with Gasteiger partial charge in [0.2, 0.25) is 15.9 Å². The lowest BCUT2D eigenvalue weighted by Gasteiger charge is -2.37. The highest BCUT2D eigenvalue weighted by Crippen LogP contribution is 2.28. The summed E-state index contributed by atoms with van der Waals surface area (Å²) in [5.41, 5.74) is 0.753. The summed E-state index contributed by atoms with van der Waals surface area (Å²) in [5, 5.41) is 0. The second kappa shape index (κ2) is 7.06. The van der Waals surface area contributed by atoms with Gasteiger partial charge in [0.15, 0.2) is 0 Å². The predicted molar refractivity (Wildman–Crippen MR) is 101 cm³/mol. The average Bonchev–Trinajstić information content (AvgIpc) is 3.34. The molecule has 0 unspecified atom stereocenters. The molecule has 1 N–H and O–H groups in total. The third-order valence-electron chi connectivity index (χ3n) is 5.31. The number of nitrogens with zero attached hydrogens (tertiary/aromatic N) is 4. The number of likely N-dealkylation sites (N-methyl/N-ethyl adjacent to an activating group) is 1. The molecule has 8 nitrogen and oxygen atoms in total. The van der Waals surface area contributed by atoms with E-state index < -0.39 is 10.0 Å². The standard InChI is InChI=1S/C18H23N5O3S/c1-21-11-12-22(13-16(21)18-19-8-9-20-18)27(25,26)15-6-4-14(5-7-15)23-10-2-3-17(23)24/h4-9,16H,2-3,10-13H2,1H3,(H,19,20)/t16-/m1/s1. The Morgan fingerprint density at radius 3 is 2.56 bits per heavy atom. The topological polar surface area (TPSA) is 89.6 Å². The first-order chi connectivity index (χ1) is 13.0. The number of benzene rings is 1. The van der Waals surface area contributed by atoms with E-state index in [1.807, 2.05) is 7.05 Å². The molecule has 3 heterocycles. The molecule has 2 fully saturated rings. The quantitative estimate of drug-likeness (QED) is 0.849. The number of piperazine rings is 1. The summed E-state index contributed by atoms with van der Waals surface area (Å²) in [7, 11) is -1.63. The maximum Gasteiger partial charge on any atom is 0.243 e. The molecule has 1 amide bonds. The van der Waals surface area contributed by atoms with E-state index in [0.717, 1.165) is 17.9 Å². The summed E-state index contributed by atoms with van der Waals surface area (Å²) in [5.74, 6) is 0.853. The van der Waals surface area contributed by atoms with Gasteiger partial charge in [-0.3, -0.25) is 9.69 Å². The number of amides is 1. The zero-order valence-corrected chi connectivity index (χ0v) is 16.0. The van der Waals surface area contributed by atoms with E-state index in [-0.39, 0.29) is 16.8 Å². The average molecular weight is 389 g/mol. The van der Waals surface area contributed by atoms with Crippen LogP contribution in [0.15, 0.2) is 41.6 Å². The lowest BCUT2D eigenvalue weighted by molar-refractivity contribution is -0.117. The van der Waals surface area contributed by atoms with Crippen molar-refractivity contribution in [3.8, 4) is 0 Å². The van der Waals surface area contributed by atoms with Crippen LogP contribution >= 0.6 is 0 Å². The summed E-state index contributed by atoms with van der Waals surface area (Å²) >= 11 is 0. The van der Waals surface area contributed by atoms with E-state index in [9.17, 15) is 13.2 Å². The smallest absolute Gasteiger partial charge is 0.243 e. The number of hydrogen-bond acceptors (Lipinski definition) is 5. The van der Waals surface area contributed by atoms with Crippen LogP contribution in [0.5, 0.6) is 0 Å². The van der Waals surface area contributed by atoms with Crippen molar-refractivity contribution >= 4 is 21.6 Å². The molecule has 1 aromatic heterocycles. The first-order valence-electron chi connectivity index (χ1n) is 9.07. The van der Waals surface area contributed by atoms with Gasteiger partial charge in [0.25, 0.3) is 0 Å². The van der Waals surface area contributed by atoms with Gasteiger partial charge in [-0.05, 0) is 37.7 Å². The summed E-state index contributed by atoms with van der Waals surface area (Å²) in [6.07, 6.45) is 4.81. The van der Waals surface area contributed by atoms with Crippen molar-refractivity contribution in [3.63, 3.8) is 0 Å². The van der Waals surface area contributed by atoms with Crippen molar-refractivity contribution in [2.24, 2.45) is 0 Å². The molecule has 2 saturated heterocycles. The highest BCUT2D eigenvalue weighted by atomic mass is 32.2. The van der Waals surface area contributed by atoms with Crippen LogP contribution in [0.3, 0.4) is 0 Å². The van der Waals surface area contributed by atoms with Crippen molar-refractivity contribution < 1.29 is 13.2 Å². The lowest BCUT2D eigenvalue weighted by atomic mass is 10.2. The minimum Gasteiger partial charge on any atom is -0.347 e. The van der Waals surface area contributed by atoms with Crippen LogP contribution in [0.1, 0.15) is 24.7 Å². The Morgan fingerprint density at radius 1 is 1.15 bits per heavy atom. The van der Waals surface area contributed by atoms with Gasteiger partial charge >= 0.3 is 0 Å². The lowest BCUT2D eigenvalue weighted by Crippen LogP contribution is -2.49. The largest absolute Gasteiger partial charge is 0.347 e. The third-order valence-corrected chi connectivity index (χ3v) is 7.18. The van der Waals surface area contributed by atoms with Gasteiger partial charge in [-0.15, -0.1) is 0 Å². The van der Waals surface area contributed by atoms with E-state index in [1.54, 1.807) is 41.6 Å². The Balaban J connectivity index is 1.55. The molecule has 2 aliphatic heterocycles. The second-order valence-electron chi connectivity index (χ2n) is 6.98. The first kappa shape index (κ1) is 18.1. The van der Waals surface area contributed by atoms with Crippen molar-refractivity contribution in [1.82, 2.24) is 19.2 Å². The number of H-pyrrole nitrogens is 1. The fraction of sp³-hybridized carbons (Fsp3) is 0.444. The molecule has 9 heteroatoms. The van der Waals surface area contributed by atoms with Gasteiger partial charge in [0.05, 0.1) is 10.9 Å². The van der Waals surface area contributed by atoms with Gasteiger partial charge < -0.3 is 9.88 Å². The van der Waals surface area contributed by atoms with Gasteiger partial charge in [-0.25, -0.2) is 13.4 Å². The van der Waals surface area contributed by atoms with E-state index in [0.29, 0.717) is 32.6 Å². The summed E-state index contributed by atoms with van der Waals surface area (Å²) in [4.78, 5) is 23.3. The Kier molecular flexibility index (Phi) is 4.75. The van der Waals surface area contributed by atoms with Crippen molar-refractivity contribution in [3.05, 3.63) is 42.5 Å². The fourth-order valence-electron chi connectivity index (χ4n) is 3.69. The number of aromatic amines is 1. The minimum atomic E-state index is -3.60. The molecular formula is C18H23N5O3S. The van der Waals surface area contributed by atoms with Crippen molar-refractivity contribution in [2.75, 3.05) is 38.1 Å². The van der Waals surface area contributed by atoms with E-state index in [4.69, 9.17) is 0 Å². The Morgan fingerprint density at radius 2 is 1.93 bits per heavy atom. The second-order valence-corrected chi connectivity index (χ2v) is 8.91. The fourth-order valence-corrected chi connectivity index (χ4v) is 5.13. The van der Waals surface area contributed by atoms with Crippen LogP contribution in [0.25, 0.3) is 0 Å². The monoisotopic (exact) mass is 389 g/mol. The molecule has 0 bridgehead atoms. The van der Waals surface area contributed by atoms with Gasteiger partial charge in [-0.1, -0.05) is 0 Å². The van der Waals surface area contributed by atoms with Crippen LogP contribution in [0.2, 0.25) is 0 Å². The molecule has 144 valence electrons. The molecule has 0 radical (unpaired) electrons. The third kappa shape index (κ3) is 3.38. The van der Waals surface area contributed by atoms with Crippen LogP contribution < -0.4 is 4.90 Å². The molecule has 1 atom stereocenters. The summed E-state index contributed by atoms with van der Waals surface area (Å²) < 4.78 is 27.7. The Hall–Kier alpha value is -2.23. The number of imidazole rings is 1. The van der Waals surface area contributed by atoms with Crippen molar-refractivity contribution in [1.29, 1.82) is 0 Å². The molecular weight excluding hydrogens is 366 g/mol. The maximum absolute atomic E-state index is 13.1. The first-order valence-corrected chi connectivity index (χ1v) is 10.5. The molecule has 4 rings (SSSR count). The number of rotatable bonds is 4. The van der Waals surface area contributed by atoms with Crippen LogP contribution in [-0.2, 0) is 14.8 Å². The number of carbonyl (C=O) groups excluding carboxylic acids is 1. The van der Waals surface area contributed by atoms with E-state index >= 15 is 0 Å². The molecule has 0 spiro atoms. The maximum atomic E-state index is 13.1. The Labute approximate surface area is 158 Å². The Bertz CT molecular complexity index is 911. The molecule has 1 aromatic carbocycles. The van der Waals surface area contributed by atoms with Crippen LogP contribution in [0.4, 0.5) is 5.69 Å². The van der Waals surface area contributed by atoms with Crippen LogP contribution in [0, 0.1) is 0 Å². The number of sulfonamides is 1. The highest BCUT2D eigenvalue weighted by Gasteiger charge is 2.34. The number of aromatic nitrogens is 2. The van der Waals surface area contributed by atoms with E-state index in [1.165, 1.54) is 4.31 Å². The predicted octanol–water partition coefficient (Wildman–Crippen LogP) is 1.21. The van der Waals surface area contributed by atoms with Crippen molar-refractivity contribution in [2.45, 2.75) is 23.8 Å². The summed E-state index contributed by atoms with van der Waals surface area (Å²) in [6.45, 7) is 2.10. The van der Waals surface area contributed by atoms with Gasteiger partial charge in [-0.2, -0.15) is 4.31 Å². The van der Waals surface area contributed by atoms with Gasteiger partial charge in [0.1, 0.15) is 5.82 Å². The number of nitrogens with one attached hydrogen (secondary N) is 1. The normalized spacial score (nSPS) is 22.5. The van der Waals surface area contributed by atoms with E-state index in [2.05, 4.69) is 14.9 Å². The molecule has 2 aliphatic rings. The minimum absolute atomic E-state index is 0.0889.